The van der Waals surface area contributed by atoms with Crippen LogP contribution in [0.15, 0.2) is 29.3 Å². The Hall–Kier alpha value is -3.02. The third-order valence-electron chi connectivity index (χ3n) is 4.44. The van der Waals surface area contributed by atoms with Crippen molar-refractivity contribution in [3.63, 3.8) is 0 Å². The molecule has 0 aliphatic rings. The molecule has 0 aliphatic heterocycles. The molecule has 0 aliphatic carbocycles. The van der Waals surface area contributed by atoms with Gasteiger partial charge in [-0.05, 0) is 38.9 Å². The summed E-state index contributed by atoms with van der Waals surface area (Å²) in [5.41, 5.74) is 6.88. The van der Waals surface area contributed by atoms with Gasteiger partial charge in [-0.15, -0.1) is 0 Å². The van der Waals surface area contributed by atoms with Gasteiger partial charge < -0.3 is 11.1 Å². The molecule has 2 heterocycles. The monoisotopic (exact) mass is 397 g/mol. The quantitative estimate of drug-likeness (QED) is 0.655. The molecule has 1 atom stereocenters. The van der Waals surface area contributed by atoms with Crippen LogP contribution in [-0.4, -0.2) is 26.1 Å². The maximum atomic E-state index is 13.1. The predicted molar refractivity (Wildman–Crippen MR) is 108 cm³/mol. The number of hydrogen-bond acceptors (Lipinski definition) is 7. The van der Waals surface area contributed by atoms with Crippen molar-refractivity contribution < 1.29 is 0 Å². The first-order valence-corrected chi connectivity index (χ1v) is 9.23. The van der Waals surface area contributed by atoms with E-state index in [4.69, 9.17) is 17.3 Å². The molecule has 0 radical (unpaired) electrons. The Bertz CT molecular complexity index is 1120. The minimum absolute atomic E-state index is 0.216. The number of nitriles is 1. The summed E-state index contributed by atoms with van der Waals surface area (Å²) in [5.74, 6) is 0.918. The molecule has 0 spiro atoms. The summed E-state index contributed by atoms with van der Waals surface area (Å²) in [4.78, 5) is 26.0. The zero-order chi connectivity index (χ0) is 20.3. The van der Waals surface area contributed by atoms with E-state index in [1.54, 1.807) is 29.7 Å². The lowest BCUT2D eigenvalue weighted by Crippen LogP contribution is -2.29. The normalized spacial score (nSPS) is 12.0. The fourth-order valence-electron chi connectivity index (χ4n) is 3.02. The topological polar surface area (TPSA) is 123 Å². The molecule has 0 amide bonds. The van der Waals surface area contributed by atoms with E-state index in [1.807, 2.05) is 6.92 Å². The highest BCUT2D eigenvalue weighted by molar-refractivity contribution is 6.35. The number of nitrogens with two attached hydrogens (primary N) is 1. The molecule has 144 valence electrons. The Labute approximate surface area is 167 Å². The Morgan fingerprint density at radius 2 is 2.18 bits per heavy atom. The highest BCUT2D eigenvalue weighted by Crippen LogP contribution is 2.23. The molecule has 1 aromatic carbocycles. The molecule has 0 unspecified atom stereocenters. The number of fused-ring (bicyclic) bond motifs is 1. The van der Waals surface area contributed by atoms with Gasteiger partial charge in [0, 0.05) is 6.54 Å². The van der Waals surface area contributed by atoms with Gasteiger partial charge in [0.2, 0.25) is 0 Å². The van der Waals surface area contributed by atoms with Crippen molar-refractivity contribution in [1.82, 2.24) is 19.5 Å². The first-order valence-electron chi connectivity index (χ1n) is 8.85. The van der Waals surface area contributed by atoms with Crippen LogP contribution in [0, 0.1) is 18.3 Å². The van der Waals surface area contributed by atoms with Gasteiger partial charge in [-0.25, -0.2) is 15.0 Å². The summed E-state index contributed by atoms with van der Waals surface area (Å²) < 4.78 is 1.58. The fraction of sp³-hybridized carbons (Fsp3) is 0.316. The second-order valence-corrected chi connectivity index (χ2v) is 6.77. The van der Waals surface area contributed by atoms with Crippen molar-refractivity contribution in [3.05, 3.63) is 57.0 Å². The van der Waals surface area contributed by atoms with Gasteiger partial charge in [0.05, 0.1) is 27.7 Å². The molecule has 0 fully saturated rings. The van der Waals surface area contributed by atoms with Crippen LogP contribution in [0.5, 0.6) is 0 Å². The molecular formula is C19H20ClN7O. The summed E-state index contributed by atoms with van der Waals surface area (Å²) in [6.07, 6.45) is 2.01. The van der Waals surface area contributed by atoms with Crippen molar-refractivity contribution in [2.45, 2.75) is 32.9 Å². The lowest BCUT2D eigenvalue weighted by Gasteiger charge is -2.20. The fourth-order valence-corrected chi connectivity index (χ4v) is 3.27. The minimum Gasteiger partial charge on any atom is -0.359 e. The SMILES string of the molecule is Cc1ncnc(N[C@@H](C)c2nc3cccc(Cl)c3c(=O)n2CCCN)c1C#N. The summed E-state index contributed by atoms with van der Waals surface area (Å²) in [6.45, 7) is 4.45. The number of aryl methyl sites for hydroxylation is 1. The van der Waals surface area contributed by atoms with Gasteiger partial charge in [-0.2, -0.15) is 5.26 Å². The Balaban J connectivity index is 2.12. The van der Waals surface area contributed by atoms with Crippen molar-refractivity contribution in [3.8, 4) is 6.07 Å². The van der Waals surface area contributed by atoms with Crippen LogP contribution in [0.3, 0.4) is 0 Å². The molecule has 9 heteroatoms. The van der Waals surface area contributed by atoms with Crippen LogP contribution in [0.25, 0.3) is 10.9 Å². The number of halogens is 1. The van der Waals surface area contributed by atoms with E-state index in [2.05, 4.69) is 26.3 Å². The van der Waals surface area contributed by atoms with Crippen molar-refractivity contribution in [2.24, 2.45) is 5.73 Å². The second-order valence-electron chi connectivity index (χ2n) is 6.36. The number of nitrogens with one attached hydrogen (secondary N) is 1. The van der Waals surface area contributed by atoms with Crippen LogP contribution in [0.4, 0.5) is 5.82 Å². The molecular weight excluding hydrogens is 378 g/mol. The average Bonchev–Trinajstić information content (AvgIpc) is 2.67. The largest absolute Gasteiger partial charge is 0.359 e. The van der Waals surface area contributed by atoms with Crippen LogP contribution >= 0.6 is 11.6 Å². The number of nitrogens with zero attached hydrogens (tertiary/aromatic N) is 5. The van der Waals surface area contributed by atoms with Gasteiger partial charge in [0.15, 0.2) is 0 Å². The van der Waals surface area contributed by atoms with E-state index in [0.29, 0.717) is 58.3 Å². The highest BCUT2D eigenvalue weighted by atomic mass is 35.5. The second kappa shape index (κ2) is 8.33. The number of hydrogen-bond donors (Lipinski definition) is 2. The van der Waals surface area contributed by atoms with Crippen molar-refractivity contribution in [2.75, 3.05) is 11.9 Å². The van der Waals surface area contributed by atoms with E-state index in [9.17, 15) is 10.1 Å². The molecule has 3 aromatic rings. The maximum Gasteiger partial charge on any atom is 0.262 e. The molecule has 2 aromatic heterocycles. The summed E-state index contributed by atoms with van der Waals surface area (Å²) in [5, 5.41) is 13.3. The van der Waals surface area contributed by atoms with E-state index < -0.39 is 6.04 Å². The number of anilines is 1. The van der Waals surface area contributed by atoms with Crippen LogP contribution in [0.2, 0.25) is 5.02 Å². The van der Waals surface area contributed by atoms with Crippen LogP contribution in [0.1, 0.15) is 36.5 Å². The van der Waals surface area contributed by atoms with Crippen molar-refractivity contribution in [1.29, 1.82) is 5.26 Å². The predicted octanol–water partition coefficient (Wildman–Crippen LogP) is 2.54. The third kappa shape index (κ3) is 3.67. The Kier molecular flexibility index (Phi) is 5.87. The third-order valence-corrected chi connectivity index (χ3v) is 4.75. The Morgan fingerprint density at radius 3 is 2.89 bits per heavy atom. The number of rotatable bonds is 6. The van der Waals surface area contributed by atoms with Gasteiger partial charge in [-0.1, -0.05) is 17.7 Å². The van der Waals surface area contributed by atoms with E-state index in [0.717, 1.165) is 0 Å². The smallest absolute Gasteiger partial charge is 0.262 e. The first kappa shape index (κ1) is 19.7. The molecule has 8 nitrogen and oxygen atoms in total. The lowest BCUT2D eigenvalue weighted by molar-refractivity contribution is 0.570. The van der Waals surface area contributed by atoms with E-state index in [-0.39, 0.29) is 5.56 Å². The molecule has 3 N–H and O–H groups in total. The maximum absolute atomic E-state index is 13.1. The average molecular weight is 398 g/mol. The summed E-state index contributed by atoms with van der Waals surface area (Å²) in [7, 11) is 0. The van der Waals surface area contributed by atoms with Crippen molar-refractivity contribution >= 4 is 28.3 Å². The number of benzene rings is 1. The molecule has 3 rings (SSSR count). The van der Waals surface area contributed by atoms with Gasteiger partial charge in [0.25, 0.3) is 5.56 Å². The lowest BCUT2D eigenvalue weighted by atomic mass is 10.2. The van der Waals surface area contributed by atoms with Crippen LogP contribution < -0.4 is 16.6 Å². The minimum atomic E-state index is -0.393. The van der Waals surface area contributed by atoms with E-state index >= 15 is 0 Å². The molecule has 0 bridgehead atoms. The summed E-state index contributed by atoms with van der Waals surface area (Å²) in [6, 6.07) is 6.89. The van der Waals surface area contributed by atoms with Crippen LogP contribution in [-0.2, 0) is 6.54 Å². The summed E-state index contributed by atoms with van der Waals surface area (Å²) >= 11 is 6.24. The zero-order valence-corrected chi connectivity index (χ0v) is 16.4. The first-order chi connectivity index (χ1) is 13.5. The van der Waals surface area contributed by atoms with Gasteiger partial charge >= 0.3 is 0 Å². The number of aromatic nitrogens is 4. The van der Waals surface area contributed by atoms with E-state index in [1.165, 1.54) is 6.33 Å². The van der Waals surface area contributed by atoms with Gasteiger partial charge in [-0.3, -0.25) is 9.36 Å². The standard InChI is InChI=1S/C19H20ClN7O/c1-11-13(9-22)17(24-10-23-11)25-12(2)18-26-15-6-3-5-14(20)16(15)19(28)27(18)8-4-7-21/h3,5-6,10,12H,4,7-8,21H2,1-2H3,(H,23,24,25)/t12-/m0/s1. The zero-order valence-electron chi connectivity index (χ0n) is 15.6. The van der Waals surface area contributed by atoms with Gasteiger partial charge in [0.1, 0.15) is 29.6 Å². The molecule has 28 heavy (non-hydrogen) atoms. The Morgan fingerprint density at radius 1 is 1.39 bits per heavy atom. The molecule has 0 saturated carbocycles. The highest BCUT2D eigenvalue weighted by Gasteiger charge is 2.19. The molecule has 0 saturated heterocycles.